The van der Waals surface area contributed by atoms with E-state index in [9.17, 15) is 0 Å². The molecule has 0 saturated carbocycles. The zero-order valence-corrected chi connectivity index (χ0v) is 14.8. The molecule has 1 heterocycles. The summed E-state index contributed by atoms with van der Waals surface area (Å²) >= 11 is 0. The fraction of sp³-hybridized carbons (Fsp3) is 0.474. The number of aryl methyl sites for hydroxylation is 2. The van der Waals surface area contributed by atoms with E-state index in [-0.39, 0.29) is 0 Å². The molecule has 0 radical (unpaired) electrons. The average molecular weight is 312 g/mol. The second-order valence-electron chi connectivity index (χ2n) is 5.82. The number of nitrogens with zero attached hydrogens (tertiary/aromatic N) is 3. The van der Waals surface area contributed by atoms with Gasteiger partial charge in [0.25, 0.3) is 0 Å². The first kappa shape index (κ1) is 17.3. The SMILES string of the molecule is CCCN(CCC)c1nccc(Nc2c(C)cccc2CC)n1. The molecule has 4 heteroatoms. The van der Waals surface area contributed by atoms with Crippen LogP contribution in [0.3, 0.4) is 0 Å². The van der Waals surface area contributed by atoms with Crippen LogP contribution in [0.15, 0.2) is 30.5 Å². The standard InChI is InChI=1S/C19H28N4/c1-5-13-23(14-6-2)19-20-12-11-17(22-19)21-18-15(4)9-8-10-16(18)7-3/h8-12H,5-7,13-14H2,1-4H3,(H,20,21,22). The van der Waals surface area contributed by atoms with Gasteiger partial charge in [-0.3, -0.25) is 0 Å². The van der Waals surface area contributed by atoms with Crippen molar-refractivity contribution in [1.82, 2.24) is 9.97 Å². The molecule has 124 valence electrons. The lowest BCUT2D eigenvalue weighted by molar-refractivity contribution is 0.721. The number of rotatable bonds is 8. The van der Waals surface area contributed by atoms with Crippen LogP contribution >= 0.6 is 0 Å². The van der Waals surface area contributed by atoms with Crippen molar-refractivity contribution in [2.45, 2.75) is 47.0 Å². The molecule has 0 aliphatic heterocycles. The highest BCUT2D eigenvalue weighted by atomic mass is 15.3. The second-order valence-corrected chi connectivity index (χ2v) is 5.82. The monoisotopic (exact) mass is 312 g/mol. The molecule has 1 aromatic heterocycles. The fourth-order valence-electron chi connectivity index (χ4n) is 2.75. The van der Waals surface area contributed by atoms with Crippen molar-refractivity contribution in [3.05, 3.63) is 41.6 Å². The van der Waals surface area contributed by atoms with Crippen molar-refractivity contribution >= 4 is 17.5 Å². The van der Waals surface area contributed by atoms with Gasteiger partial charge in [0.2, 0.25) is 5.95 Å². The van der Waals surface area contributed by atoms with Crippen LogP contribution in [0.1, 0.15) is 44.7 Å². The molecule has 23 heavy (non-hydrogen) atoms. The van der Waals surface area contributed by atoms with Gasteiger partial charge >= 0.3 is 0 Å². The number of hydrogen-bond donors (Lipinski definition) is 1. The third-order valence-electron chi connectivity index (χ3n) is 3.91. The zero-order valence-electron chi connectivity index (χ0n) is 14.8. The van der Waals surface area contributed by atoms with Gasteiger partial charge in [0.05, 0.1) is 0 Å². The van der Waals surface area contributed by atoms with Gasteiger partial charge in [0.15, 0.2) is 0 Å². The lowest BCUT2D eigenvalue weighted by atomic mass is 10.1. The molecule has 2 rings (SSSR count). The van der Waals surface area contributed by atoms with E-state index in [0.717, 1.165) is 49.8 Å². The predicted molar refractivity (Wildman–Crippen MR) is 98.7 cm³/mol. The third-order valence-corrected chi connectivity index (χ3v) is 3.91. The minimum atomic E-state index is 0.810. The summed E-state index contributed by atoms with van der Waals surface area (Å²) < 4.78 is 0. The van der Waals surface area contributed by atoms with Crippen molar-refractivity contribution in [3.63, 3.8) is 0 Å². The van der Waals surface area contributed by atoms with Crippen LogP contribution in [-0.4, -0.2) is 23.1 Å². The highest BCUT2D eigenvalue weighted by molar-refractivity contribution is 5.65. The molecule has 4 nitrogen and oxygen atoms in total. The first-order valence-electron chi connectivity index (χ1n) is 8.63. The lowest BCUT2D eigenvalue weighted by Gasteiger charge is -2.22. The molecule has 0 saturated heterocycles. The van der Waals surface area contributed by atoms with Crippen molar-refractivity contribution in [2.75, 3.05) is 23.3 Å². The molecule has 2 aromatic rings. The molecule has 0 atom stereocenters. The van der Waals surface area contributed by atoms with Crippen molar-refractivity contribution < 1.29 is 0 Å². The van der Waals surface area contributed by atoms with E-state index in [2.05, 4.69) is 61.1 Å². The van der Waals surface area contributed by atoms with Crippen LogP contribution < -0.4 is 10.2 Å². The summed E-state index contributed by atoms with van der Waals surface area (Å²) in [4.78, 5) is 11.4. The van der Waals surface area contributed by atoms with Crippen molar-refractivity contribution in [3.8, 4) is 0 Å². The predicted octanol–water partition coefficient (Wildman–Crippen LogP) is 4.72. The van der Waals surface area contributed by atoms with Gasteiger partial charge < -0.3 is 10.2 Å². The average Bonchev–Trinajstić information content (AvgIpc) is 2.57. The maximum Gasteiger partial charge on any atom is 0.227 e. The molecule has 0 aliphatic rings. The van der Waals surface area contributed by atoms with Gasteiger partial charge in [-0.2, -0.15) is 4.98 Å². The smallest absolute Gasteiger partial charge is 0.227 e. The third kappa shape index (κ3) is 4.44. The molecule has 0 unspecified atom stereocenters. The molecular formula is C19H28N4. The van der Waals surface area contributed by atoms with Gasteiger partial charge in [-0.1, -0.05) is 39.0 Å². The minimum Gasteiger partial charge on any atom is -0.341 e. The minimum absolute atomic E-state index is 0.810. The summed E-state index contributed by atoms with van der Waals surface area (Å²) in [7, 11) is 0. The molecule has 0 aliphatic carbocycles. The summed E-state index contributed by atoms with van der Waals surface area (Å²) in [5.74, 6) is 1.67. The van der Waals surface area contributed by atoms with Gasteiger partial charge in [-0.05, 0) is 43.4 Å². The maximum absolute atomic E-state index is 4.73. The zero-order chi connectivity index (χ0) is 16.7. The van der Waals surface area contributed by atoms with Crippen LogP contribution in [0.25, 0.3) is 0 Å². The number of anilines is 3. The quantitative estimate of drug-likeness (QED) is 0.766. The Balaban J connectivity index is 2.26. The van der Waals surface area contributed by atoms with Crippen LogP contribution in [-0.2, 0) is 6.42 Å². The van der Waals surface area contributed by atoms with Crippen molar-refractivity contribution in [1.29, 1.82) is 0 Å². The number of benzene rings is 1. The molecular weight excluding hydrogens is 284 g/mol. The Bertz CT molecular complexity index is 619. The van der Waals surface area contributed by atoms with Gasteiger partial charge in [-0.25, -0.2) is 4.98 Å². The number of para-hydroxylation sites is 1. The number of nitrogens with one attached hydrogen (secondary N) is 1. The second kappa shape index (κ2) is 8.51. The fourth-order valence-corrected chi connectivity index (χ4v) is 2.75. The highest BCUT2D eigenvalue weighted by Gasteiger charge is 2.10. The first-order valence-corrected chi connectivity index (χ1v) is 8.63. The van der Waals surface area contributed by atoms with E-state index in [0.29, 0.717) is 0 Å². The van der Waals surface area contributed by atoms with E-state index in [1.807, 2.05) is 12.3 Å². The molecule has 0 spiro atoms. The molecule has 0 fully saturated rings. The normalized spacial score (nSPS) is 10.6. The Morgan fingerprint density at radius 3 is 2.43 bits per heavy atom. The molecule has 1 aromatic carbocycles. The number of aromatic nitrogens is 2. The molecule has 0 bridgehead atoms. The maximum atomic E-state index is 4.73. The molecule has 1 N–H and O–H groups in total. The summed E-state index contributed by atoms with van der Waals surface area (Å²) in [6.45, 7) is 10.7. The summed E-state index contributed by atoms with van der Waals surface area (Å²) in [5, 5.41) is 3.49. The summed E-state index contributed by atoms with van der Waals surface area (Å²) in [5.41, 5.74) is 3.71. The lowest BCUT2D eigenvalue weighted by Crippen LogP contribution is -2.27. The van der Waals surface area contributed by atoms with Crippen LogP contribution in [0.5, 0.6) is 0 Å². The summed E-state index contributed by atoms with van der Waals surface area (Å²) in [6.07, 6.45) is 5.03. The Morgan fingerprint density at radius 2 is 1.78 bits per heavy atom. The molecule has 0 amide bonds. The highest BCUT2D eigenvalue weighted by Crippen LogP contribution is 2.25. The van der Waals surface area contributed by atoms with E-state index in [1.54, 1.807) is 0 Å². The van der Waals surface area contributed by atoms with E-state index in [1.165, 1.54) is 11.1 Å². The van der Waals surface area contributed by atoms with Crippen molar-refractivity contribution in [2.24, 2.45) is 0 Å². The number of hydrogen-bond acceptors (Lipinski definition) is 4. The van der Waals surface area contributed by atoms with E-state index >= 15 is 0 Å². The van der Waals surface area contributed by atoms with E-state index < -0.39 is 0 Å². The van der Waals surface area contributed by atoms with Gasteiger partial charge in [0.1, 0.15) is 5.82 Å². The summed E-state index contributed by atoms with van der Waals surface area (Å²) in [6, 6.07) is 8.34. The topological polar surface area (TPSA) is 41.1 Å². The van der Waals surface area contributed by atoms with Crippen LogP contribution in [0.2, 0.25) is 0 Å². The van der Waals surface area contributed by atoms with Gasteiger partial charge in [-0.15, -0.1) is 0 Å². The largest absolute Gasteiger partial charge is 0.341 e. The van der Waals surface area contributed by atoms with Gasteiger partial charge in [0, 0.05) is 25.0 Å². The van der Waals surface area contributed by atoms with E-state index in [4.69, 9.17) is 4.98 Å². The Labute approximate surface area is 140 Å². The Morgan fingerprint density at radius 1 is 1.04 bits per heavy atom. The first-order chi connectivity index (χ1) is 11.2. The van der Waals surface area contributed by atoms with Crippen LogP contribution in [0, 0.1) is 6.92 Å². The van der Waals surface area contributed by atoms with Crippen LogP contribution in [0.4, 0.5) is 17.5 Å². The Hall–Kier alpha value is -2.10. The Kier molecular flexibility index (Phi) is 6.39.